The highest BCUT2D eigenvalue weighted by Gasteiger charge is 2.34. The number of benzene rings is 1. The molecule has 0 radical (unpaired) electrons. The molecule has 0 heterocycles. The molecule has 0 aliphatic rings. The van der Waals surface area contributed by atoms with Crippen LogP contribution in [-0.2, 0) is 6.18 Å². The molecule has 0 unspecified atom stereocenters. The topological polar surface area (TPSA) is 67.2 Å². The Morgan fingerprint density at radius 3 is 2.35 bits per heavy atom. The molecule has 7 heteroatoms. The van der Waals surface area contributed by atoms with E-state index in [-0.39, 0.29) is 17.3 Å². The molecule has 1 aromatic carbocycles. The summed E-state index contributed by atoms with van der Waals surface area (Å²) in [4.78, 5) is 11.9. The number of amides is 1. The van der Waals surface area contributed by atoms with Crippen molar-refractivity contribution in [3.05, 3.63) is 29.3 Å². The number of rotatable bonds is 5. The van der Waals surface area contributed by atoms with Gasteiger partial charge < -0.3 is 10.7 Å². The van der Waals surface area contributed by atoms with E-state index in [2.05, 4.69) is 5.32 Å². The number of alkyl halides is 3. The van der Waals surface area contributed by atoms with Crippen molar-refractivity contribution in [1.29, 1.82) is 0 Å². The summed E-state index contributed by atoms with van der Waals surface area (Å²) in [5.41, 5.74) is 0.713. The van der Waals surface area contributed by atoms with Crippen LogP contribution in [0.15, 0.2) is 18.2 Å². The van der Waals surface area contributed by atoms with Crippen LogP contribution in [0.4, 0.5) is 18.9 Å². The molecule has 0 atom stereocenters. The van der Waals surface area contributed by atoms with E-state index in [1.807, 2.05) is 19.3 Å². The van der Waals surface area contributed by atoms with Crippen LogP contribution >= 0.6 is 0 Å². The summed E-state index contributed by atoms with van der Waals surface area (Å²) in [6.45, 7) is 3.80. The van der Waals surface area contributed by atoms with E-state index in [4.69, 9.17) is 5.84 Å². The summed E-state index contributed by atoms with van der Waals surface area (Å²) in [7, 11) is 0. The number of nitrogen functional groups attached to an aromatic ring is 1. The lowest BCUT2D eigenvalue weighted by atomic mass is 10.1. The maximum atomic E-state index is 12.8. The van der Waals surface area contributed by atoms with Crippen LogP contribution in [0.25, 0.3) is 0 Å². The van der Waals surface area contributed by atoms with Crippen molar-refractivity contribution < 1.29 is 18.0 Å². The minimum atomic E-state index is -4.58. The van der Waals surface area contributed by atoms with Crippen LogP contribution in [0.2, 0.25) is 0 Å². The quantitative estimate of drug-likeness (QED) is 0.577. The summed E-state index contributed by atoms with van der Waals surface area (Å²) in [6, 6.07) is 3.20. The monoisotopic (exact) mass is 289 g/mol. The Hall–Kier alpha value is -1.76. The number of carbonyl (C=O) groups excluding carboxylic acids is 1. The molecule has 0 fully saturated rings. The van der Waals surface area contributed by atoms with Crippen molar-refractivity contribution in [1.82, 2.24) is 5.32 Å². The zero-order chi connectivity index (χ0) is 15.3. The van der Waals surface area contributed by atoms with E-state index in [0.29, 0.717) is 0 Å². The molecule has 1 rings (SSSR count). The first kappa shape index (κ1) is 16.3. The van der Waals surface area contributed by atoms with Gasteiger partial charge in [0.25, 0.3) is 5.91 Å². The van der Waals surface area contributed by atoms with E-state index >= 15 is 0 Å². The molecule has 1 aromatic rings. The largest absolute Gasteiger partial charge is 0.418 e. The molecule has 4 N–H and O–H groups in total. The third-order valence-electron chi connectivity index (χ3n) is 3.06. The second-order valence-electron chi connectivity index (χ2n) is 4.39. The van der Waals surface area contributed by atoms with Crippen molar-refractivity contribution in [3.63, 3.8) is 0 Å². The van der Waals surface area contributed by atoms with Crippen LogP contribution in [0.5, 0.6) is 0 Å². The zero-order valence-corrected chi connectivity index (χ0v) is 11.3. The molecular weight excluding hydrogens is 271 g/mol. The normalized spacial score (nSPS) is 11.6. The molecular formula is C13H18F3N3O. The smallest absolute Gasteiger partial charge is 0.349 e. The summed E-state index contributed by atoms with van der Waals surface area (Å²) in [5.74, 6) is 4.53. The van der Waals surface area contributed by atoms with E-state index in [9.17, 15) is 18.0 Å². The second-order valence-corrected chi connectivity index (χ2v) is 4.39. The van der Waals surface area contributed by atoms with E-state index in [1.165, 1.54) is 6.07 Å². The Labute approximate surface area is 115 Å². The van der Waals surface area contributed by atoms with Gasteiger partial charge in [-0.3, -0.25) is 10.6 Å². The Morgan fingerprint density at radius 1 is 1.30 bits per heavy atom. The molecule has 20 heavy (non-hydrogen) atoms. The average molecular weight is 289 g/mol. The minimum absolute atomic E-state index is 0.0387. The minimum Gasteiger partial charge on any atom is -0.349 e. The molecule has 0 aliphatic heterocycles. The van der Waals surface area contributed by atoms with Crippen molar-refractivity contribution in [2.75, 3.05) is 5.43 Å². The number of halogens is 3. The molecule has 0 aromatic heterocycles. The average Bonchev–Trinajstić information content (AvgIpc) is 2.42. The van der Waals surface area contributed by atoms with E-state index < -0.39 is 17.6 Å². The SMILES string of the molecule is CCC(CC)NC(=O)c1ccc(NN)c(C(F)(F)F)c1. The molecule has 4 nitrogen and oxygen atoms in total. The Balaban J connectivity index is 3.06. The maximum absolute atomic E-state index is 12.8. The fourth-order valence-electron chi connectivity index (χ4n) is 1.81. The highest BCUT2D eigenvalue weighted by molar-refractivity contribution is 5.95. The Morgan fingerprint density at radius 2 is 1.90 bits per heavy atom. The molecule has 0 saturated heterocycles. The third kappa shape index (κ3) is 3.86. The highest BCUT2D eigenvalue weighted by Crippen LogP contribution is 2.35. The number of anilines is 1. The van der Waals surface area contributed by atoms with E-state index in [0.717, 1.165) is 25.0 Å². The van der Waals surface area contributed by atoms with Gasteiger partial charge >= 0.3 is 6.18 Å². The van der Waals surface area contributed by atoms with Gasteiger partial charge in [-0.2, -0.15) is 13.2 Å². The van der Waals surface area contributed by atoms with Gasteiger partial charge in [0.15, 0.2) is 0 Å². The van der Waals surface area contributed by atoms with Gasteiger partial charge in [-0.25, -0.2) is 0 Å². The molecule has 112 valence electrons. The van der Waals surface area contributed by atoms with Gasteiger partial charge in [-0.15, -0.1) is 0 Å². The van der Waals surface area contributed by atoms with Crippen LogP contribution in [0.1, 0.15) is 42.6 Å². The van der Waals surface area contributed by atoms with Crippen LogP contribution in [-0.4, -0.2) is 11.9 Å². The predicted molar refractivity (Wildman–Crippen MR) is 71.1 cm³/mol. The molecule has 0 spiro atoms. The first-order valence-electron chi connectivity index (χ1n) is 6.32. The van der Waals surface area contributed by atoms with Gasteiger partial charge in [0, 0.05) is 11.6 Å². The molecule has 0 saturated carbocycles. The second kappa shape index (κ2) is 6.60. The fraction of sp³-hybridized carbons (Fsp3) is 0.462. The van der Waals surface area contributed by atoms with Crippen molar-refractivity contribution in [2.45, 2.75) is 38.9 Å². The summed E-state index contributed by atoms with van der Waals surface area (Å²) in [5, 5.41) is 2.69. The van der Waals surface area contributed by atoms with Crippen molar-refractivity contribution in [3.8, 4) is 0 Å². The van der Waals surface area contributed by atoms with Gasteiger partial charge in [0.2, 0.25) is 0 Å². The predicted octanol–water partition coefficient (Wildman–Crippen LogP) is 2.91. The number of hydrazine groups is 1. The number of hydrogen-bond donors (Lipinski definition) is 3. The van der Waals surface area contributed by atoms with Gasteiger partial charge in [-0.05, 0) is 31.0 Å². The van der Waals surface area contributed by atoms with Crippen molar-refractivity contribution in [2.24, 2.45) is 5.84 Å². The highest BCUT2D eigenvalue weighted by atomic mass is 19.4. The van der Waals surface area contributed by atoms with Crippen molar-refractivity contribution >= 4 is 11.6 Å². The molecule has 0 bridgehead atoms. The number of carbonyl (C=O) groups is 1. The summed E-state index contributed by atoms with van der Waals surface area (Å²) in [6.07, 6.45) is -3.14. The first-order valence-corrected chi connectivity index (χ1v) is 6.32. The Kier molecular flexibility index (Phi) is 5.38. The first-order chi connectivity index (χ1) is 9.33. The zero-order valence-electron chi connectivity index (χ0n) is 11.3. The lowest BCUT2D eigenvalue weighted by molar-refractivity contribution is -0.137. The number of nitrogens with one attached hydrogen (secondary N) is 2. The number of hydrogen-bond acceptors (Lipinski definition) is 3. The molecule has 1 amide bonds. The standard InChI is InChI=1S/C13H18F3N3O/c1-3-9(4-2)18-12(20)8-5-6-11(19-17)10(7-8)13(14,15)16/h5-7,9,19H,3-4,17H2,1-2H3,(H,18,20). The lowest BCUT2D eigenvalue weighted by Gasteiger charge is -2.17. The van der Waals surface area contributed by atoms with Crippen LogP contribution in [0.3, 0.4) is 0 Å². The fourth-order valence-corrected chi connectivity index (χ4v) is 1.81. The van der Waals surface area contributed by atoms with Crippen LogP contribution < -0.4 is 16.6 Å². The Bertz CT molecular complexity index is 470. The molecule has 0 aliphatic carbocycles. The van der Waals surface area contributed by atoms with E-state index in [1.54, 1.807) is 0 Å². The van der Waals surface area contributed by atoms with Gasteiger partial charge in [-0.1, -0.05) is 13.8 Å². The van der Waals surface area contributed by atoms with Crippen LogP contribution in [0, 0.1) is 0 Å². The van der Waals surface area contributed by atoms with Gasteiger partial charge in [0.05, 0.1) is 11.3 Å². The summed E-state index contributed by atoms with van der Waals surface area (Å²) < 4.78 is 38.5. The van der Waals surface area contributed by atoms with Gasteiger partial charge in [0.1, 0.15) is 0 Å². The third-order valence-corrected chi connectivity index (χ3v) is 3.06. The lowest BCUT2D eigenvalue weighted by Crippen LogP contribution is -2.34. The maximum Gasteiger partial charge on any atom is 0.418 e. The number of nitrogens with two attached hydrogens (primary N) is 1. The summed E-state index contributed by atoms with van der Waals surface area (Å²) >= 11 is 0.